The maximum Gasteiger partial charge on any atom is 0.421 e. The molecule has 0 aliphatic heterocycles. The third-order valence-corrected chi connectivity index (χ3v) is 6.39. The van der Waals surface area contributed by atoms with E-state index in [1.165, 1.54) is 12.1 Å². The Morgan fingerprint density at radius 1 is 0.970 bits per heavy atom. The molecule has 1 amide bonds. The SMILES string of the molecule is Cc1ccc(S(=O)(=O)NC(=O)OCCc2ccc(-n3cnc(-c4ccccc4)c3)cc2)cc1. The Kier molecular flexibility index (Phi) is 6.55. The van der Waals surface area contributed by atoms with E-state index < -0.39 is 16.1 Å². The molecule has 1 heterocycles. The number of carbonyl (C=O) groups is 1. The number of aryl methyl sites for hydroxylation is 1. The van der Waals surface area contributed by atoms with E-state index >= 15 is 0 Å². The molecule has 3 aromatic carbocycles. The summed E-state index contributed by atoms with van der Waals surface area (Å²) in [5, 5.41) is 0. The highest BCUT2D eigenvalue weighted by Gasteiger charge is 2.18. The van der Waals surface area contributed by atoms with Gasteiger partial charge in [0.2, 0.25) is 0 Å². The number of carbonyl (C=O) groups excluding carboxylic acids is 1. The lowest BCUT2D eigenvalue weighted by Crippen LogP contribution is -2.31. The molecule has 0 bridgehead atoms. The Morgan fingerprint density at radius 2 is 1.67 bits per heavy atom. The highest BCUT2D eigenvalue weighted by Crippen LogP contribution is 2.19. The predicted octanol–water partition coefficient (Wildman–Crippen LogP) is 4.51. The number of nitrogens with zero attached hydrogens (tertiary/aromatic N) is 2. The average Bonchev–Trinajstić information content (AvgIpc) is 3.30. The van der Waals surface area contributed by atoms with E-state index in [4.69, 9.17) is 4.74 Å². The van der Waals surface area contributed by atoms with Gasteiger partial charge >= 0.3 is 6.09 Å². The number of ether oxygens (including phenoxy) is 1. The maximum atomic E-state index is 12.2. The summed E-state index contributed by atoms with van der Waals surface area (Å²) in [6.07, 6.45) is 3.18. The van der Waals surface area contributed by atoms with Crippen LogP contribution in [0.2, 0.25) is 0 Å². The van der Waals surface area contributed by atoms with Crippen LogP contribution < -0.4 is 4.72 Å². The van der Waals surface area contributed by atoms with Crippen molar-refractivity contribution in [3.63, 3.8) is 0 Å². The Labute approximate surface area is 192 Å². The normalized spacial score (nSPS) is 11.2. The van der Waals surface area contributed by atoms with Crippen LogP contribution in [0.1, 0.15) is 11.1 Å². The van der Waals surface area contributed by atoms with Gasteiger partial charge in [-0.2, -0.15) is 0 Å². The predicted molar refractivity (Wildman–Crippen MR) is 126 cm³/mol. The highest BCUT2D eigenvalue weighted by atomic mass is 32.2. The van der Waals surface area contributed by atoms with Crippen LogP contribution in [-0.2, 0) is 21.2 Å². The molecule has 0 unspecified atom stereocenters. The lowest BCUT2D eigenvalue weighted by atomic mass is 10.1. The average molecular weight is 462 g/mol. The van der Waals surface area contributed by atoms with Crippen molar-refractivity contribution in [1.29, 1.82) is 0 Å². The summed E-state index contributed by atoms with van der Waals surface area (Å²) in [5.74, 6) is 0. The largest absolute Gasteiger partial charge is 0.448 e. The van der Waals surface area contributed by atoms with Crippen LogP contribution in [0.25, 0.3) is 16.9 Å². The highest BCUT2D eigenvalue weighted by molar-refractivity contribution is 7.90. The third kappa shape index (κ3) is 5.67. The molecule has 0 aliphatic carbocycles. The van der Waals surface area contributed by atoms with Gasteiger partial charge in [-0.3, -0.25) is 0 Å². The van der Waals surface area contributed by atoms with Crippen molar-refractivity contribution in [3.05, 3.63) is 103 Å². The zero-order valence-electron chi connectivity index (χ0n) is 18.0. The third-order valence-electron chi connectivity index (χ3n) is 5.06. The Bertz CT molecular complexity index is 1330. The first kappa shape index (κ1) is 22.3. The monoisotopic (exact) mass is 461 g/mol. The lowest BCUT2D eigenvalue weighted by molar-refractivity contribution is 0.154. The van der Waals surface area contributed by atoms with E-state index in [0.717, 1.165) is 28.1 Å². The van der Waals surface area contributed by atoms with Gasteiger partial charge in [-0.25, -0.2) is 22.9 Å². The van der Waals surface area contributed by atoms with Crippen molar-refractivity contribution in [2.45, 2.75) is 18.2 Å². The summed E-state index contributed by atoms with van der Waals surface area (Å²) in [6.45, 7) is 1.90. The molecular formula is C25H23N3O4S. The summed E-state index contributed by atoms with van der Waals surface area (Å²) in [6, 6.07) is 23.9. The van der Waals surface area contributed by atoms with E-state index in [1.54, 1.807) is 18.5 Å². The summed E-state index contributed by atoms with van der Waals surface area (Å²) < 4.78 is 33.4. The van der Waals surface area contributed by atoms with Gasteiger partial charge in [-0.15, -0.1) is 0 Å². The fourth-order valence-corrected chi connectivity index (χ4v) is 4.12. The summed E-state index contributed by atoms with van der Waals surface area (Å²) >= 11 is 0. The van der Waals surface area contributed by atoms with E-state index in [9.17, 15) is 13.2 Å². The van der Waals surface area contributed by atoms with Gasteiger partial charge in [0.25, 0.3) is 10.0 Å². The van der Waals surface area contributed by atoms with Gasteiger partial charge in [0.1, 0.15) is 0 Å². The van der Waals surface area contributed by atoms with Gasteiger partial charge in [-0.1, -0.05) is 60.2 Å². The lowest BCUT2D eigenvalue weighted by Gasteiger charge is -2.09. The topological polar surface area (TPSA) is 90.3 Å². The van der Waals surface area contributed by atoms with Crippen LogP contribution in [0.5, 0.6) is 0 Å². The molecular weight excluding hydrogens is 438 g/mol. The van der Waals surface area contributed by atoms with Crippen molar-refractivity contribution in [2.24, 2.45) is 0 Å². The summed E-state index contributed by atoms with van der Waals surface area (Å²) in [4.78, 5) is 16.4. The number of hydrogen-bond donors (Lipinski definition) is 1. The molecule has 8 heteroatoms. The number of hydrogen-bond acceptors (Lipinski definition) is 5. The second-order valence-electron chi connectivity index (χ2n) is 7.50. The van der Waals surface area contributed by atoms with Crippen molar-refractivity contribution in [1.82, 2.24) is 14.3 Å². The molecule has 0 saturated carbocycles. The van der Waals surface area contributed by atoms with Gasteiger partial charge in [0.05, 0.1) is 23.5 Å². The van der Waals surface area contributed by atoms with Crippen LogP contribution >= 0.6 is 0 Å². The molecule has 4 aromatic rings. The van der Waals surface area contributed by atoms with E-state index in [0.29, 0.717) is 6.42 Å². The molecule has 4 rings (SSSR count). The van der Waals surface area contributed by atoms with E-state index in [2.05, 4.69) is 4.98 Å². The summed E-state index contributed by atoms with van der Waals surface area (Å²) in [7, 11) is -3.96. The zero-order valence-corrected chi connectivity index (χ0v) is 18.8. The fourth-order valence-electron chi connectivity index (χ4n) is 3.23. The minimum atomic E-state index is -3.96. The molecule has 1 N–H and O–H groups in total. The molecule has 0 aliphatic rings. The van der Waals surface area contributed by atoms with E-state index in [1.807, 2.05) is 77.0 Å². The number of rotatable bonds is 7. The van der Waals surface area contributed by atoms with Gasteiger partial charge < -0.3 is 9.30 Å². The van der Waals surface area contributed by atoms with Gasteiger partial charge in [0, 0.05) is 23.9 Å². The maximum absolute atomic E-state index is 12.2. The molecule has 0 radical (unpaired) electrons. The van der Waals surface area contributed by atoms with Gasteiger partial charge in [0.15, 0.2) is 0 Å². The number of sulfonamides is 1. The number of aromatic nitrogens is 2. The molecule has 0 fully saturated rings. The first-order valence-corrected chi connectivity index (χ1v) is 11.8. The number of imidazole rings is 1. The van der Waals surface area contributed by atoms with Crippen LogP contribution in [0.15, 0.2) is 96.3 Å². The van der Waals surface area contributed by atoms with Crippen LogP contribution in [0.3, 0.4) is 0 Å². The number of nitrogens with one attached hydrogen (secondary N) is 1. The van der Waals surface area contributed by atoms with Crippen molar-refractivity contribution in [3.8, 4) is 16.9 Å². The molecule has 7 nitrogen and oxygen atoms in total. The zero-order chi connectivity index (χ0) is 23.3. The van der Waals surface area contributed by atoms with E-state index in [-0.39, 0.29) is 11.5 Å². The summed E-state index contributed by atoms with van der Waals surface area (Å²) in [5.41, 5.74) is 4.77. The van der Waals surface area contributed by atoms with Crippen LogP contribution in [0.4, 0.5) is 4.79 Å². The fraction of sp³-hybridized carbons (Fsp3) is 0.120. The second-order valence-corrected chi connectivity index (χ2v) is 9.19. The molecule has 168 valence electrons. The molecule has 0 spiro atoms. The Hall–Kier alpha value is -3.91. The van der Waals surface area contributed by atoms with Crippen molar-refractivity contribution < 1.29 is 17.9 Å². The van der Waals surface area contributed by atoms with Crippen LogP contribution in [-0.4, -0.2) is 30.7 Å². The first-order valence-electron chi connectivity index (χ1n) is 10.4. The van der Waals surface area contributed by atoms with Crippen molar-refractivity contribution >= 4 is 16.1 Å². The number of benzene rings is 3. The minimum Gasteiger partial charge on any atom is -0.448 e. The molecule has 33 heavy (non-hydrogen) atoms. The standard InChI is InChI=1S/C25H23N3O4S/c1-19-7-13-23(14-8-19)33(30,31)27-25(29)32-16-15-20-9-11-22(12-10-20)28-17-24(26-18-28)21-5-3-2-4-6-21/h2-14,17-18H,15-16H2,1H3,(H,27,29). The first-order chi connectivity index (χ1) is 15.9. The quantitative estimate of drug-likeness (QED) is 0.437. The second kappa shape index (κ2) is 9.70. The van der Waals surface area contributed by atoms with Crippen molar-refractivity contribution in [2.75, 3.05) is 6.61 Å². The smallest absolute Gasteiger partial charge is 0.421 e. The van der Waals surface area contributed by atoms with Gasteiger partial charge in [-0.05, 0) is 36.8 Å². The van der Waals surface area contributed by atoms with Crippen LogP contribution in [0, 0.1) is 6.92 Å². The Balaban J connectivity index is 1.30. The number of amides is 1. The minimum absolute atomic E-state index is 0.00978. The Morgan fingerprint density at radius 3 is 2.36 bits per heavy atom. The molecule has 0 atom stereocenters. The molecule has 0 saturated heterocycles. The molecule has 1 aromatic heterocycles.